The van der Waals surface area contributed by atoms with E-state index in [1.807, 2.05) is 54.7 Å². The van der Waals surface area contributed by atoms with E-state index in [9.17, 15) is 4.79 Å². The molecule has 0 aliphatic heterocycles. The lowest BCUT2D eigenvalue weighted by Crippen LogP contribution is -2.20. The van der Waals surface area contributed by atoms with E-state index in [1.54, 1.807) is 0 Å². The van der Waals surface area contributed by atoms with Crippen molar-refractivity contribution in [2.75, 3.05) is 11.9 Å². The summed E-state index contributed by atoms with van der Waals surface area (Å²) in [6.45, 7) is -0.0210. The van der Waals surface area contributed by atoms with Crippen molar-refractivity contribution >= 4 is 38.4 Å². The number of carbonyl (C=O) groups excluding carboxylic acids is 1. The van der Waals surface area contributed by atoms with Gasteiger partial charge in [0.2, 0.25) is 0 Å². The summed E-state index contributed by atoms with van der Waals surface area (Å²) < 4.78 is 6.40. The van der Waals surface area contributed by atoms with Gasteiger partial charge in [0, 0.05) is 27.3 Å². The summed E-state index contributed by atoms with van der Waals surface area (Å²) in [6.07, 6.45) is 1.87. The van der Waals surface area contributed by atoms with Crippen molar-refractivity contribution in [3.05, 3.63) is 59.2 Å². The lowest BCUT2D eigenvalue weighted by Gasteiger charge is -2.07. The van der Waals surface area contributed by atoms with E-state index in [0.717, 1.165) is 21.1 Å². The Kier molecular flexibility index (Phi) is 3.92. The molecule has 0 aliphatic rings. The molecule has 0 spiro atoms. The molecule has 106 valence electrons. The molecule has 2 aromatic carbocycles. The maximum Gasteiger partial charge on any atom is 0.262 e. The molecule has 0 saturated heterocycles. The third-order valence-corrected chi connectivity index (χ3v) is 3.55. The average Bonchev–Trinajstić information content (AvgIpc) is 2.94. The van der Waals surface area contributed by atoms with Crippen LogP contribution in [0.3, 0.4) is 0 Å². The van der Waals surface area contributed by atoms with Gasteiger partial charge in [0.05, 0.1) is 0 Å². The van der Waals surface area contributed by atoms with Crippen molar-refractivity contribution in [1.29, 1.82) is 0 Å². The quantitative estimate of drug-likeness (QED) is 0.752. The van der Waals surface area contributed by atoms with Gasteiger partial charge >= 0.3 is 0 Å². The molecule has 0 unspecified atom stereocenters. The Morgan fingerprint density at radius 1 is 1.14 bits per heavy atom. The fraction of sp³-hybridized carbons (Fsp3) is 0.0625. The highest BCUT2D eigenvalue weighted by Gasteiger charge is 2.05. The Morgan fingerprint density at radius 2 is 1.95 bits per heavy atom. The summed E-state index contributed by atoms with van der Waals surface area (Å²) >= 11 is 3.35. The second-order valence-electron chi connectivity index (χ2n) is 4.57. The molecule has 1 amide bonds. The second-order valence-corrected chi connectivity index (χ2v) is 5.49. The molecule has 2 N–H and O–H groups in total. The number of nitrogens with one attached hydrogen (secondary N) is 2. The first-order valence-electron chi connectivity index (χ1n) is 6.46. The minimum atomic E-state index is -0.187. The minimum absolute atomic E-state index is 0.0210. The predicted octanol–water partition coefficient (Wildman–Crippen LogP) is 3.95. The Labute approximate surface area is 130 Å². The molecule has 0 radical (unpaired) electrons. The number of benzene rings is 2. The molecule has 1 heterocycles. The Morgan fingerprint density at radius 3 is 2.76 bits per heavy atom. The Balaban J connectivity index is 1.59. The van der Waals surface area contributed by atoms with Gasteiger partial charge in [-0.15, -0.1) is 0 Å². The van der Waals surface area contributed by atoms with E-state index in [4.69, 9.17) is 4.74 Å². The van der Waals surface area contributed by atoms with Gasteiger partial charge in [-0.25, -0.2) is 0 Å². The van der Waals surface area contributed by atoms with Crippen molar-refractivity contribution in [3.63, 3.8) is 0 Å². The van der Waals surface area contributed by atoms with E-state index in [2.05, 4.69) is 26.2 Å². The van der Waals surface area contributed by atoms with Crippen molar-refractivity contribution in [2.45, 2.75) is 0 Å². The van der Waals surface area contributed by atoms with Crippen LogP contribution in [-0.4, -0.2) is 17.5 Å². The number of halogens is 1. The lowest BCUT2D eigenvalue weighted by atomic mass is 10.2. The molecular weight excluding hydrogens is 332 g/mol. The van der Waals surface area contributed by atoms with Gasteiger partial charge < -0.3 is 15.0 Å². The lowest BCUT2D eigenvalue weighted by molar-refractivity contribution is -0.118. The van der Waals surface area contributed by atoms with Gasteiger partial charge in [0.15, 0.2) is 6.61 Å². The van der Waals surface area contributed by atoms with E-state index >= 15 is 0 Å². The highest BCUT2D eigenvalue weighted by Crippen LogP contribution is 2.18. The first-order valence-corrected chi connectivity index (χ1v) is 7.25. The number of anilines is 1. The average molecular weight is 345 g/mol. The van der Waals surface area contributed by atoms with E-state index in [1.165, 1.54) is 0 Å². The molecule has 1 aromatic heterocycles. The van der Waals surface area contributed by atoms with Crippen LogP contribution in [0.1, 0.15) is 0 Å². The minimum Gasteiger partial charge on any atom is -0.484 e. The number of hydrogen-bond donors (Lipinski definition) is 2. The molecule has 0 aliphatic carbocycles. The number of fused-ring (bicyclic) bond motifs is 1. The summed E-state index contributed by atoms with van der Waals surface area (Å²) in [5.41, 5.74) is 1.80. The van der Waals surface area contributed by atoms with E-state index in [0.29, 0.717) is 5.75 Å². The molecule has 0 atom stereocenters. The second kappa shape index (κ2) is 6.01. The van der Waals surface area contributed by atoms with Crippen molar-refractivity contribution in [1.82, 2.24) is 4.98 Å². The molecule has 4 nitrogen and oxygen atoms in total. The standard InChI is InChI=1S/C16H13BrN2O2/c17-12-1-4-14(5-2-12)21-10-16(20)19-13-3-6-15-11(9-13)7-8-18-15/h1-9,18H,10H2,(H,19,20). The highest BCUT2D eigenvalue weighted by molar-refractivity contribution is 9.10. The normalized spacial score (nSPS) is 10.5. The van der Waals surface area contributed by atoms with E-state index in [-0.39, 0.29) is 12.5 Å². The zero-order valence-corrected chi connectivity index (χ0v) is 12.7. The number of ether oxygens (including phenoxy) is 1. The topological polar surface area (TPSA) is 54.1 Å². The van der Waals surface area contributed by atoms with Crippen LogP contribution in [0.5, 0.6) is 5.75 Å². The zero-order valence-electron chi connectivity index (χ0n) is 11.1. The van der Waals surface area contributed by atoms with Gasteiger partial charge in [0.1, 0.15) is 5.75 Å². The maximum absolute atomic E-state index is 11.9. The molecule has 5 heteroatoms. The van der Waals surface area contributed by atoms with Crippen LogP contribution in [0.4, 0.5) is 5.69 Å². The predicted molar refractivity (Wildman–Crippen MR) is 86.6 cm³/mol. The Hall–Kier alpha value is -2.27. The third-order valence-electron chi connectivity index (χ3n) is 3.02. The van der Waals surface area contributed by atoms with E-state index < -0.39 is 0 Å². The van der Waals surface area contributed by atoms with Gasteiger partial charge in [-0.05, 0) is 48.5 Å². The van der Waals surface area contributed by atoms with Crippen LogP contribution < -0.4 is 10.1 Å². The van der Waals surface area contributed by atoms with Gasteiger partial charge in [-0.2, -0.15) is 0 Å². The summed E-state index contributed by atoms with van der Waals surface area (Å²) in [5.74, 6) is 0.474. The number of carbonyl (C=O) groups is 1. The first-order chi connectivity index (χ1) is 10.2. The molecule has 0 fully saturated rings. The SMILES string of the molecule is O=C(COc1ccc(Br)cc1)Nc1ccc2[nH]ccc2c1. The van der Waals surface area contributed by atoms with Crippen molar-refractivity contribution < 1.29 is 9.53 Å². The fourth-order valence-electron chi connectivity index (χ4n) is 2.01. The number of hydrogen-bond acceptors (Lipinski definition) is 2. The maximum atomic E-state index is 11.9. The van der Waals surface area contributed by atoms with Gasteiger partial charge in [0.25, 0.3) is 5.91 Å². The molecular formula is C16H13BrN2O2. The number of aromatic nitrogens is 1. The van der Waals surface area contributed by atoms with Crippen LogP contribution >= 0.6 is 15.9 Å². The summed E-state index contributed by atoms with van der Waals surface area (Å²) in [5, 5.41) is 3.88. The number of amides is 1. The molecule has 21 heavy (non-hydrogen) atoms. The van der Waals surface area contributed by atoms with Crippen LogP contribution in [0.15, 0.2) is 59.2 Å². The summed E-state index contributed by atoms with van der Waals surface area (Å²) in [6, 6.07) is 15.0. The monoisotopic (exact) mass is 344 g/mol. The number of H-pyrrole nitrogens is 1. The third kappa shape index (κ3) is 3.44. The molecule has 3 rings (SSSR count). The van der Waals surface area contributed by atoms with Crippen LogP contribution in [0.2, 0.25) is 0 Å². The largest absolute Gasteiger partial charge is 0.484 e. The van der Waals surface area contributed by atoms with Crippen LogP contribution in [0.25, 0.3) is 10.9 Å². The molecule has 0 saturated carbocycles. The van der Waals surface area contributed by atoms with Crippen LogP contribution in [-0.2, 0) is 4.79 Å². The summed E-state index contributed by atoms with van der Waals surface area (Å²) in [7, 11) is 0. The first kappa shape index (κ1) is 13.7. The Bertz CT molecular complexity index is 765. The highest BCUT2D eigenvalue weighted by atomic mass is 79.9. The van der Waals surface area contributed by atoms with Gasteiger partial charge in [-0.3, -0.25) is 4.79 Å². The van der Waals surface area contributed by atoms with Crippen molar-refractivity contribution in [2.24, 2.45) is 0 Å². The van der Waals surface area contributed by atoms with Crippen LogP contribution in [0, 0.1) is 0 Å². The number of aromatic amines is 1. The summed E-state index contributed by atoms with van der Waals surface area (Å²) in [4.78, 5) is 15.0. The van der Waals surface area contributed by atoms with Crippen molar-refractivity contribution in [3.8, 4) is 5.75 Å². The smallest absolute Gasteiger partial charge is 0.262 e. The molecule has 3 aromatic rings. The zero-order chi connectivity index (χ0) is 14.7. The fourth-order valence-corrected chi connectivity index (χ4v) is 2.27. The molecule has 0 bridgehead atoms. The number of rotatable bonds is 4. The van der Waals surface area contributed by atoms with Gasteiger partial charge in [-0.1, -0.05) is 15.9 Å².